The second-order valence-electron chi connectivity index (χ2n) is 5.75. The largest absolute Gasteiger partial charge is 0.481 e. The average Bonchev–Trinajstić information content (AvgIpc) is 2.68. The summed E-state index contributed by atoms with van der Waals surface area (Å²) in [6, 6.07) is 29.9. The lowest BCUT2D eigenvalue weighted by atomic mass is 10.3. The Morgan fingerprint density at radius 2 is 1.08 bits per heavy atom. The van der Waals surface area contributed by atoms with Crippen LogP contribution < -0.4 is 15.9 Å². The number of hydrogen-bond donors (Lipinski definition) is 1. The molecule has 1 atom stereocenters. The molecule has 0 aliphatic rings. The third kappa shape index (κ3) is 3.51. The second kappa shape index (κ2) is 8.93. The number of carboxylic acid groups (broad SMARTS) is 1. The minimum absolute atomic E-state index is 0. The van der Waals surface area contributed by atoms with Crippen LogP contribution in [0.2, 0.25) is 0 Å². The lowest BCUT2D eigenvalue weighted by molar-refractivity contribution is -0.135. The molecule has 0 fully saturated rings. The molecule has 0 saturated heterocycles. The molecule has 133 valence electrons. The fraction of sp³-hybridized carbons (Fsp3) is 0.0455. The summed E-state index contributed by atoms with van der Waals surface area (Å²) in [7, 11) is -2.44. The van der Waals surface area contributed by atoms with Crippen LogP contribution in [0.1, 0.15) is 0 Å². The van der Waals surface area contributed by atoms with Crippen molar-refractivity contribution in [2.24, 2.45) is 0 Å². The molecule has 0 saturated carbocycles. The highest BCUT2D eigenvalue weighted by atomic mass is 79.9. The van der Waals surface area contributed by atoms with Crippen LogP contribution in [-0.4, -0.2) is 16.7 Å². The first kappa shape index (κ1) is 20.1. The van der Waals surface area contributed by atoms with Crippen molar-refractivity contribution in [1.82, 2.24) is 0 Å². The predicted octanol–water partition coefficient (Wildman–Crippen LogP) is 4.20. The van der Waals surface area contributed by atoms with Crippen LogP contribution in [0.3, 0.4) is 0 Å². The number of rotatable bonds is 6. The van der Waals surface area contributed by atoms with Crippen molar-refractivity contribution in [2.45, 2.75) is 5.66 Å². The van der Waals surface area contributed by atoms with E-state index < -0.39 is 18.9 Å². The lowest BCUT2D eigenvalue weighted by Crippen LogP contribution is -2.41. The van der Waals surface area contributed by atoms with E-state index >= 15 is 0 Å². The third-order valence-corrected chi connectivity index (χ3v) is 8.99. The normalized spacial score (nSPS) is 11.8. The van der Waals surface area contributed by atoms with Crippen molar-refractivity contribution in [3.8, 4) is 0 Å². The molecule has 3 aromatic rings. The zero-order valence-electron chi connectivity index (χ0n) is 14.2. The maximum absolute atomic E-state index is 12.3. The number of hydrogen-bond acceptors (Lipinski definition) is 1. The summed E-state index contributed by atoms with van der Waals surface area (Å²) in [6.45, 7) is 3.87. The second-order valence-corrected chi connectivity index (χ2v) is 9.30. The molecule has 0 heterocycles. The molecule has 0 aliphatic heterocycles. The van der Waals surface area contributed by atoms with E-state index in [-0.39, 0.29) is 17.0 Å². The standard InChI is InChI=1S/C22H20O2P.BrH/c1-2-21(22(23)24)25(18-12-6-3-7-13-18,19-14-8-4-9-15-19)20-16-10-5-11-17-20;/h2-17,21H,1H2,(H,23,24);1H. The molecule has 0 aromatic heterocycles. The Morgan fingerprint density at radius 3 is 1.31 bits per heavy atom. The molecule has 0 spiro atoms. The van der Waals surface area contributed by atoms with Gasteiger partial charge in [-0.15, -0.1) is 23.6 Å². The molecular weight excluding hydrogens is 407 g/mol. The Balaban J connectivity index is 0.00000243. The maximum Gasteiger partial charge on any atom is 0.315 e. The summed E-state index contributed by atoms with van der Waals surface area (Å²) >= 11 is 0. The monoisotopic (exact) mass is 427 g/mol. The van der Waals surface area contributed by atoms with Gasteiger partial charge >= 0.3 is 5.97 Å². The van der Waals surface area contributed by atoms with Crippen LogP contribution >= 0.6 is 24.2 Å². The molecule has 0 aliphatic carbocycles. The number of carboxylic acids is 1. The van der Waals surface area contributed by atoms with Crippen LogP contribution in [0.5, 0.6) is 0 Å². The molecule has 4 heteroatoms. The van der Waals surface area contributed by atoms with Gasteiger partial charge in [0, 0.05) is 0 Å². The Kier molecular flexibility index (Phi) is 6.90. The van der Waals surface area contributed by atoms with Crippen molar-refractivity contribution >= 4 is 46.1 Å². The molecule has 1 N–H and O–H groups in total. The minimum atomic E-state index is -2.44. The molecule has 1 unspecified atom stereocenters. The summed E-state index contributed by atoms with van der Waals surface area (Å²) in [4.78, 5) is 12.3. The van der Waals surface area contributed by atoms with Crippen molar-refractivity contribution < 1.29 is 9.90 Å². The van der Waals surface area contributed by atoms with Crippen LogP contribution in [0.4, 0.5) is 0 Å². The van der Waals surface area contributed by atoms with Gasteiger partial charge in [0.1, 0.15) is 5.66 Å². The van der Waals surface area contributed by atoms with Crippen molar-refractivity contribution in [3.63, 3.8) is 0 Å². The van der Waals surface area contributed by atoms with E-state index in [0.717, 1.165) is 15.9 Å². The topological polar surface area (TPSA) is 37.3 Å². The molecule has 3 rings (SSSR count). The SMILES string of the molecule is Br.C=CC(C(=O)O)[P](c1ccccc1)(c1ccccc1)c1ccccc1. The van der Waals surface area contributed by atoms with E-state index in [4.69, 9.17) is 0 Å². The zero-order chi connectivity index (χ0) is 17.7. The van der Waals surface area contributed by atoms with Crippen molar-refractivity contribution in [2.75, 3.05) is 0 Å². The summed E-state index contributed by atoms with van der Waals surface area (Å²) in [6.07, 6.45) is 1.59. The van der Waals surface area contributed by atoms with Gasteiger partial charge in [-0.3, -0.25) is 4.79 Å². The molecule has 3 aromatic carbocycles. The quantitative estimate of drug-likeness (QED) is 0.472. The Morgan fingerprint density at radius 1 is 0.769 bits per heavy atom. The van der Waals surface area contributed by atoms with Gasteiger partial charge in [0.25, 0.3) is 0 Å². The zero-order valence-corrected chi connectivity index (χ0v) is 16.8. The lowest BCUT2D eigenvalue weighted by Gasteiger charge is -2.41. The van der Waals surface area contributed by atoms with E-state index in [1.165, 1.54) is 0 Å². The Hall–Kier alpha value is -2.22. The number of aliphatic carboxylic acids is 1. The van der Waals surface area contributed by atoms with Crippen LogP contribution in [0.15, 0.2) is 104 Å². The minimum Gasteiger partial charge on any atom is -0.481 e. The van der Waals surface area contributed by atoms with Crippen LogP contribution in [0.25, 0.3) is 0 Å². The molecule has 2 nitrogen and oxygen atoms in total. The molecule has 0 bridgehead atoms. The van der Waals surface area contributed by atoms with E-state index in [0.29, 0.717) is 0 Å². The van der Waals surface area contributed by atoms with Gasteiger partial charge in [0.05, 0.1) is 0 Å². The van der Waals surface area contributed by atoms with E-state index in [1.807, 2.05) is 91.0 Å². The van der Waals surface area contributed by atoms with Gasteiger partial charge in [0.2, 0.25) is 0 Å². The predicted molar refractivity (Wildman–Crippen MR) is 117 cm³/mol. The molecular formula is C22H21BrO2P. The third-order valence-electron chi connectivity index (χ3n) is 4.38. The fourth-order valence-corrected chi connectivity index (χ4v) is 7.78. The van der Waals surface area contributed by atoms with Gasteiger partial charge in [-0.1, -0.05) is 97.1 Å². The summed E-state index contributed by atoms with van der Waals surface area (Å²) in [5.74, 6) is -0.847. The van der Waals surface area contributed by atoms with Gasteiger partial charge in [-0.2, -0.15) is 0 Å². The molecule has 0 amide bonds. The average molecular weight is 428 g/mol. The van der Waals surface area contributed by atoms with E-state index in [9.17, 15) is 9.90 Å². The first-order valence-electron chi connectivity index (χ1n) is 8.12. The molecule has 1 radical (unpaired) electrons. The summed E-state index contributed by atoms with van der Waals surface area (Å²) < 4.78 is 0. The number of benzene rings is 3. The first-order chi connectivity index (χ1) is 12.2. The highest BCUT2D eigenvalue weighted by molar-refractivity contribution is 8.93. The summed E-state index contributed by atoms with van der Waals surface area (Å²) in [5.41, 5.74) is -0.695. The van der Waals surface area contributed by atoms with Crippen LogP contribution in [-0.2, 0) is 4.79 Å². The number of carbonyl (C=O) groups is 1. The van der Waals surface area contributed by atoms with Crippen molar-refractivity contribution in [3.05, 3.63) is 104 Å². The fourth-order valence-electron chi connectivity index (χ4n) is 3.34. The van der Waals surface area contributed by atoms with Gasteiger partial charge in [-0.25, -0.2) is 0 Å². The summed E-state index contributed by atoms with van der Waals surface area (Å²) in [5, 5.41) is 13.2. The Labute approximate surface area is 165 Å². The van der Waals surface area contributed by atoms with E-state index in [2.05, 4.69) is 6.58 Å². The number of halogens is 1. The van der Waals surface area contributed by atoms with Gasteiger partial charge in [0.15, 0.2) is 0 Å². The maximum atomic E-state index is 12.3. The first-order valence-corrected chi connectivity index (χ1v) is 9.98. The molecule has 26 heavy (non-hydrogen) atoms. The van der Waals surface area contributed by atoms with Crippen molar-refractivity contribution in [1.29, 1.82) is 0 Å². The van der Waals surface area contributed by atoms with Crippen LogP contribution in [0, 0.1) is 0 Å². The van der Waals surface area contributed by atoms with E-state index in [1.54, 1.807) is 6.08 Å². The van der Waals surface area contributed by atoms with Gasteiger partial charge < -0.3 is 5.11 Å². The highest BCUT2D eigenvalue weighted by Gasteiger charge is 2.43. The van der Waals surface area contributed by atoms with Gasteiger partial charge in [-0.05, 0) is 23.2 Å². The highest BCUT2D eigenvalue weighted by Crippen LogP contribution is 2.60. The Bertz CT molecular complexity index is 754. The smallest absolute Gasteiger partial charge is 0.315 e.